The first-order valence-corrected chi connectivity index (χ1v) is 7.04. The van der Waals surface area contributed by atoms with Crippen molar-refractivity contribution < 1.29 is 13.2 Å². The molecule has 1 aliphatic rings. The quantitative estimate of drug-likeness (QED) is 0.748. The number of nitrogens with zero attached hydrogens (tertiary/aromatic N) is 1. The second kappa shape index (κ2) is 5.43. The van der Waals surface area contributed by atoms with Crippen LogP contribution in [0.5, 0.6) is 0 Å². The third kappa shape index (κ3) is 2.89. The molecule has 1 aliphatic heterocycles. The fourth-order valence-corrected chi connectivity index (χ4v) is 2.94. The fraction of sp³-hybridized carbons (Fsp3) is 0.294. The molecule has 0 aromatic heterocycles. The maximum absolute atomic E-state index is 12.6. The van der Waals surface area contributed by atoms with Crippen LogP contribution in [0.25, 0.3) is 0 Å². The van der Waals surface area contributed by atoms with E-state index >= 15 is 0 Å². The third-order valence-corrected chi connectivity index (χ3v) is 3.96. The summed E-state index contributed by atoms with van der Waals surface area (Å²) >= 11 is 0. The molecule has 0 saturated carbocycles. The number of halogens is 3. The van der Waals surface area contributed by atoms with Crippen molar-refractivity contribution in [1.82, 2.24) is 0 Å². The molecule has 0 radical (unpaired) electrons. The zero-order valence-electron chi connectivity index (χ0n) is 11.5. The first kappa shape index (κ1) is 14.0. The van der Waals surface area contributed by atoms with Crippen LogP contribution >= 0.6 is 0 Å². The van der Waals surface area contributed by atoms with Crippen LogP contribution in [0.3, 0.4) is 0 Å². The van der Waals surface area contributed by atoms with E-state index in [1.807, 2.05) is 18.2 Å². The molecule has 1 atom stereocenters. The van der Waals surface area contributed by atoms with Crippen LogP contribution in [0.1, 0.15) is 30.0 Å². The molecule has 0 N–H and O–H groups in total. The minimum atomic E-state index is -4.28. The summed E-state index contributed by atoms with van der Waals surface area (Å²) < 4.78 is 37.9. The standard InChI is InChI=1S/C17H16F3N/c18-17(19,20)14-8-10-15(11-9-14)21-12-4-7-16(21)13-5-2-1-3-6-13/h1-3,5-6,8-11,16H,4,7,12H2. The Hall–Kier alpha value is -1.97. The Bertz CT molecular complexity index is 590. The van der Waals surface area contributed by atoms with Crippen molar-refractivity contribution in [2.24, 2.45) is 0 Å². The highest BCUT2D eigenvalue weighted by Crippen LogP contribution is 2.37. The molecule has 0 amide bonds. The van der Waals surface area contributed by atoms with Crippen molar-refractivity contribution in [1.29, 1.82) is 0 Å². The predicted octanol–water partition coefficient (Wildman–Crippen LogP) is 5.05. The molecule has 21 heavy (non-hydrogen) atoms. The zero-order valence-corrected chi connectivity index (χ0v) is 11.5. The lowest BCUT2D eigenvalue weighted by Gasteiger charge is -2.27. The molecule has 1 saturated heterocycles. The van der Waals surface area contributed by atoms with Gasteiger partial charge in [0.2, 0.25) is 0 Å². The van der Waals surface area contributed by atoms with Gasteiger partial charge in [-0.25, -0.2) is 0 Å². The highest BCUT2D eigenvalue weighted by Gasteiger charge is 2.31. The van der Waals surface area contributed by atoms with E-state index in [0.29, 0.717) is 0 Å². The number of alkyl halides is 3. The first-order valence-electron chi connectivity index (χ1n) is 7.04. The maximum atomic E-state index is 12.6. The highest BCUT2D eigenvalue weighted by atomic mass is 19.4. The maximum Gasteiger partial charge on any atom is 0.416 e. The molecule has 0 bridgehead atoms. The summed E-state index contributed by atoms with van der Waals surface area (Å²) in [5.74, 6) is 0. The summed E-state index contributed by atoms with van der Waals surface area (Å²) in [6.45, 7) is 0.880. The van der Waals surface area contributed by atoms with Gasteiger partial charge < -0.3 is 4.90 Å². The Morgan fingerprint density at radius 2 is 1.57 bits per heavy atom. The molecule has 0 spiro atoms. The summed E-state index contributed by atoms with van der Waals surface area (Å²) in [4.78, 5) is 2.19. The summed E-state index contributed by atoms with van der Waals surface area (Å²) in [5, 5.41) is 0. The monoisotopic (exact) mass is 291 g/mol. The number of anilines is 1. The zero-order chi connectivity index (χ0) is 14.9. The predicted molar refractivity (Wildman–Crippen MR) is 77.2 cm³/mol. The van der Waals surface area contributed by atoms with Crippen molar-refractivity contribution >= 4 is 5.69 Å². The topological polar surface area (TPSA) is 3.24 Å². The van der Waals surface area contributed by atoms with E-state index < -0.39 is 11.7 Å². The summed E-state index contributed by atoms with van der Waals surface area (Å²) in [6.07, 6.45) is -2.19. The number of hydrogen-bond donors (Lipinski definition) is 0. The lowest BCUT2D eigenvalue weighted by Crippen LogP contribution is -2.22. The van der Waals surface area contributed by atoms with Gasteiger partial charge in [0, 0.05) is 12.2 Å². The van der Waals surface area contributed by atoms with Gasteiger partial charge in [0.05, 0.1) is 11.6 Å². The van der Waals surface area contributed by atoms with Gasteiger partial charge in [0.15, 0.2) is 0 Å². The van der Waals surface area contributed by atoms with Gasteiger partial charge in [-0.05, 0) is 42.7 Å². The Morgan fingerprint density at radius 1 is 0.905 bits per heavy atom. The molecule has 2 aromatic carbocycles. The Kier molecular flexibility index (Phi) is 3.62. The summed E-state index contributed by atoms with van der Waals surface area (Å²) in [6, 6.07) is 15.8. The first-order chi connectivity index (χ1) is 10.1. The highest BCUT2D eigenvalue weighted by molar-refractivity contribution is 5.51. The Labute approximate surface area is 122 Å². The van der Waals surface area contributed by atoms with Crippen LogP contribution in [-0.4, -0.2) is 6.54 Å². The Balaban J connectivity index is 1.86. The minimum absolute atomic E-state index is 0.253. The molecular formula is C17H16F3N. The summed E-state index contributed by atoms with van der Waals surface area (Å²) in [5.41, 5.74) is 1.48. The van der Waals surface area contributed by atoms with Crippen LogP contribution < -0.4 is 4.90 Å². The molecule has 1 fully saturated rings. The van der Waals surface area contributed by atoms with Crippen LogP contribution in [0.2, 0.25) is 0 Å². The molecule has 110 valence electrons. The van der Waals surface area contributed by atoms with E-state index in [1.165, 1.54) is 5.56 Å². The molecular weight excluding hydrogens is 275 g/mol. The van der Waals surface area contributed by atoms with Gasteiger partial charge >= 0.3 is 6.18 Å². The largest absolute Gasteiger partial charge is 0.416 e. The third-order valence-electron chi connectivity index (χ3n) is 3.96. The smallest absolute Gasteiger partial charge is 0.364 e. The average molecular weight is 291 g/mol. The lowest BCUT2D eigenvalue weighted by atomic mass is 10.0. The molecule has 4 heteroatoms. The van der Waals surface area contributed by atoms with Crippen molar-refractivity contribution in [2.75, 3.05) is 11.4 Å². The molecule has 2 aromatic rings. The summed E-state index contributed by atoms with van der Waals surface area (Å²) in [7, 11) is 0. The molecule has 1 nitrogen and oxygen atoms in total. The van der Waals surface area contributed by atoms with Crippen molar-refractivity contribution in [2.45, 2.75) is 25.1 Å². The van der Waals surface area contributed by atoms with Gasteiger partial charge in [-0.1, -0.05) is 30.3 Å². The molecule has 0 aliphatic carbocycles. The van der Waals surface area contributed by atoms with Crippen LogP contribution in [0, 0.1) is 0 Å². The van der Waals surface area contributed by atoms with E-state index in [9.17, 15) is 13.2 Å². The fourth-order valence-electron chi connectivity index (χ4n) is 2.94. The molecule has 1 unspecified atom stereocenters. The number of hydrogen-bond acceptors (Lipinski definition) is 1. The molecule has 1 heterocycles. The van der Waals surface area contributed by atoms with Crippen molar-refractivity contribution in [3.63, 3.8) is 0 Å². The van der Waals surface area contributed by atoms with Gasteiger partial charge in [-0.2, -0.15) is 13.2 Å². The average Bonchev–Trinajstić information content (AvgIpc) is 2.97. The van der Waals surface area contributed by atoms with Crippen LogP contribution in [0.4, 0.5) is 18.9 Å². The molecule has 3 rings (SSSR count). The van der Waals surface area contributed by atoms with E-state index in [-0.39, 0.29) is 6.04 Å². The van der Waals surface area contributed by atoms with Gasteiger partial charge in [-0.15, -0.1) is 0 Å². The van der Waals surface area contributed by atoms with E-state index in [0.717, 1.165) is 37.2 Å². The van der Waals surface area contributed by atoms with E-state index in [2.05, 4.69) is 17.0 Å². The van der Waals surface area contributed by atoms with E-state index in [1.54, 1.807) is 12.1 Å². The van der Waals surface area contributed by atoms with Crippen LogP contribution in [0.15, 0.2) is 54.6 Å². The SMILES string of the molecule is FC(F)(F)c1ccc(N2CCCC2c2ccccc2)cc1. The van der Waals surface area contributed by atoms with Crippen LogP contribution in [-0.2, 0) is 6.18 Å². The second-order valence-corrected chi connectivity index (χ2v) is 5.31. The number of benzene rings is 2. The number of rotatable bonds is 2. The van der Waals surface area contributed by atoms with Crippen molar-refractivity contribution in [3.05, 3.63) is 65.7 Å². The van der Waals surface area contributed by atoms with Gasteiger partial charge in [-0.3, -0.25) is 0 Å². The minimum Gasteiger partial charge on any atom is -0.364 e. The second-order valence-electron chi connectivity index (χ2n) is 5.31. The normalized spacial score (nSPS) is 19.0. The van der Waals surface area contributed by atoms with E-state index in [4.69, 9.17) is 0 Å². The van der Waals surface area contributed by atoms with Gasteiger partial charge in [0.1, 0.15) is 0 Å². The lowest BCUT2D eigenvalue weighted by molar-refractivity contribution is -0.137. The van der Waals surface area contributed by atoms with Crippen molar-refractivity contribution in [3.8, 4) is 0 Å². The Morgan fingerprint density at radius 3 is 2.19 bits per heavy atom. The van der Waals surface area contributed by atoms with Gasteiger partial charge in [0.25, 0.3) is 0 Å².